The van der Waals surface area contributed by atoms with Crippen molar-refractivity contribution in [1.29, 1.82) is 0 Å². The van der Waals surface area contributed by atoms with Crippen LogP contribution < -0.4 is 5.32 Å². The number of hydrogen-bond acceptors (Lipinski definition) is 5. The van der Waals surface area contributed by atoms with Gasteiger partial charge in [0.2, 0.25) is 0 Å². The number of nitrogens with zero attached hydrogens (tertiary/aromatic N) is 3. The molecule has 0 aliphatic carbocycles. The monoisotopic (exact) mass is 322 g/mol. The van der Waals surface area contributed by atoms with Crippen molar-refractivity contribution in [3.63, 3.8) is 0 Å². The maximum absolute atomic E-state index is 14.1. The molecule has 0 saturated carbocycles. The van der Waals surface area contributed by atoms with Crippen molar-refractivity contribution in [1.82, 2.24) is 15.0 Å². The van der Waals surface area contributed by atoms with Crippen LogP contribution in [0.2, 0.25) is 0 Å². The van der Waals surface area contributed by atoms with Gasteiger partial charge in [-0.05, 0) is 35.7 Å². The largest absolute Gasteiger partial charge is 0.339 e. The molecule has 3 aromatic heterocycles. The predicted molar refractivity (Wildman–Crippen MR) is 90.3 cm³/mol. The maximum Gasteiger partial charge on any atom is 0.166 e. The normalized spacial score (nSPS) is 10.8. The molecular formula is C17H11FN4S. The summed E-state index contributed by atoms with van der Waals surface area (Å²) < 4.78 is 14.1. The van der Waals surface area contributed by atoms with E-state index in [0.29, 0.717) is 17.2 Å². The van der Waals surface area contributed by atoms with Crippen molar-refractivity contribution in [3.05, 3.63) is 66.1 Å². The molecule has 4 aromatic rings. The number of fused-ring (bicyclic) bond motifs is 1. The van der Waals surface area contributed by atoms with Crippen molar-refractivity contribution in [2.24, 2.45) is 0 Å². The van der Waals surface area contributed by atoms with E-state index in [-0.39, 0.29) is 5.82 Å². The van der Waals surface area contributed by atoms with Gasteiger partial charge in [0.05, 0.1) is 10.9 Å². The first-order valence-corrected chi connectivity index (χ1v) is 7.86. The molecule has 112 valence electrons. The summed E-state index contributed by atoms with van der Waals surface area (Å²) >= 11 is 1.50. The fourth-order valence-electron chi connectivity index (χ4n) is 2.29. The van der Waals surface area contributed by atoms with E-state index in [1.54, 1.807) is 30.6 Å². The van der Waals surface area contributed by atoms with Gasteiger partial charge >= 0.3 is 0 Å². The molecule has 6 heteroatoms. The summed E-state index contributed by atoms with van der Waals surface area (Å²) in [7, 11) is 0. The van der Waals surface area contributed by atoms with Gasteiger partial charge in [-0.1, -0.05) is 12.1 Å². The number of nitrogens with one attached hydrogen (secondary N) is 1. The molecule has 0 aliphatic heterocycles. The summed E-state index contributed by atoms with van der Waals surface area (Å²) in [5.74, 6) is 0.688. The Morgan fingerprint density at radius 2 is 1.78 bits per heavy atom. The highest BCUT2D eigenvalue weighted by Crippen LogP contribution is 2.30. The molecule has 3 heterocycles. The Kier molecular flexibility index (Phi) is 3.44. The summed E-state index contributed by atoms with van der Waals surface area (Å²) in [6.45, 7) is 0. The van der Waals surface area contributed by atoms with Gasteiger partial charge < -0.3 is 5.32 Å². The molecule has 0 aliphatic rings. The van der Waals surface area contributed by atoms with E-state index in [1.807, 2.05) is 23.6 Å². The average Bonchev–Trinajstić information content (AvgIpc) is 3.05. The number of pyridine rings is 1. The Morgan fingerprint density at radius 1 is 0.957 bits per heavy atom. The van der Waals surface area contributed by atoms with E-state index in [9.17, 15) is 4.39 Å². The number of halogens is 1. The van der Waals surface area contributed by atoms with Crippen LogP contribution >= 0.6 is 11.3 Å². The van der Waals surface area contributed by atoms with Crippen LogP contribution in [0.3, 0.4) is 0 Å². The third kappa shape index (κ3) is 2.64. The summed E-state index contributed by atoms with van der Waals surface area (Å²) in [4.78, 5) is 13.8. The molecule has 4 nitrogen and oxygen atoms in total. The lowest BCUT2D eigenvalue weighted by Gasteiger charge is -2.09. The van der Waals surface area contributed by atoms with Crippen LogP contribution in [0, 0.1) is 5.82 Å². The Balaban J connectivity index is 1.87. The highest BCUT2D eigenvalue weighted by atomic mass is 32.1. The van der Waals surface area contributed by atoms with Crippen molar-refractivity contribution in [2.75, 3.05) is 5.32 Å². The summed E-state index contributed by atoms with van der Waals surface area (Å²) in [6.07, 6.45) is 3.40. The van der Waals surface area contributed by atoms with Crippen LogP contribution in [0.15, 0.2) is 60.2 Å². The second kappa shape index (κ2) is 5.73. The zero-order valence-electron chi connectivity index (χ0n) is 11.9. The van der Waals surface area contributed by atoms with E-state index in [0.717, 1.165) is 15.9 Å². The smallest absolute Gasteiger partial charge is 0.166 e. The number of benzene rings is 1. The van der Waals surface area contributed by atoms with Crippen LogP contribution in [0.4, 0.5) is 15.9 Å². The van der Waals surface area contributed by atoms with Gasteiger partial charge in [-0.3, -0.25) is 4.98 Å². The lowest BCUT2D eigenvalue weighted by atomic mass is 10.2. The van der Waals surface area contributed by atoms with Crippen LogP contribution in [0.5, 0.6) is 0 Å². The van der Waals surface area contributed by atoms with Crippen LogP contribution in [0.25, 0.3) is 21.6 Å². The number of thiophene rings is 1. The molecule has 0 unspecified atom stereocenters. The number of rotatable bonds is 3. The van der Waals surface area contributed by atoms with E-state index < -0.39 is 0 Å². The van der Waals surface area contributed by atoms with Crippen LogP contribution in [-0.2, 0) is 0 Å². The lowest BCUT2D eigenvalue weighted by Crippen LogP contribution is -1.99. The fourth-order valence-corrected chi connectivity index (χ4v) is 3.05. The SMILES string of the molecule is Fc1ccccc1-c1nc(Nc2ccncc2)c2ccsc2n1. The van der Waals surface area contributed by atoms with Gasteiger partial charge in [0.1, 0.15) is 16.5 Å². The van der Waals surface area contributed by atoms with Crippen molar-refractivity contribution >= 4 is 33.1 Å². The first-order chi connectivity index (χ1) is 11.3. The molecule has 0 spiro atoms. The van der Waals surface area contributed by atoms with Crippen LogP contribution in [0.1, 0.15) is 0 Å². The molecule has 0 atom stereocenters. The second-order valence-electron chi connectivity index (χ2n) is 4.88. The molecule has 4 rings (SSSR count). The highest BCUT2D eigenvalue weighted by molar-refractivity contribution is 7.16. The molecule has 0 bridgehead atoms. The summed E-state index contributed by atoms with van der Waals surface area (Å²) in [5, 5.41) is 6.11. The molecular weight excluding hydrogens is 311 g/mol. The lowest BCUT2D eigenvalue weighted by molar-refractivity contribution is 0.630. The van der Waals surface area contributed by atoms with Gasteiger partial charge in [-0.15, -0.1) is 11.3 Å². The zero-order valence-corrected chi connectivity index (χ0v) is 12.7. The fraction of sp³-hybridized carbons (Fsp3) is 0. The standard InChI is InChI=1S/C17H11FN4S/c18-14-4-2-1-3-12(14)15-21-16(13-7-10-23-17(13)22-15)20-11-5-8-19-9-6-11/h1-10H,(H,19,20,21,22). The summed E-state index contributed by atoms with van der Waals surface area (Å²) in [5.41, 5.74) is 1.26. The van der Waals surface area contributed by atoms with Crippen molar-refractivity contribution in [2.45, 2.75) is 0 Å². The minimum absolute atomic E-state index is 0.335. The summed E-state index contributed by atoms with van der Waals surface area (Å²) in [6, 6.07) is 12.2. The first-order valence-electron chi connectivity index (χ1n) is 6.98. The quantitative estimate of drug-likeness (QED) is 0.597. The zero-order chi connectivity index (χ0) is 15.6. The van der Waals surface area contributed by atoms with Gasteiger partial charge in [-0.2, -0.15) is 0 Å². The Labute approximate surface area is 135 Å². The van der Waals surface area contributed by atoms with Crippen molar-refractivity contribution < 1.29 is 4.39 Å². The maximum atomic E-state index is 14.1. The Hall–Kier alpha value is -2.86. The van der Waals surface area contributed by atoms with Gasteiger partial charge in [-0.25, -0.2) is 14.4 Å². The van der Waals surface area contributed by atoms with E-state index >= 15 is 0 Å². The molecule has 0 amide bonds. The predicted octanol–water partition coefficient (Wildman–Crippen LogP) is 4.64. The van der Waals surface area contributed by atoms with E-state index in [1.165, 1.54) is 17.4 Å². The van der Waals surface area contributed by atoms with E-state index in [4.69, 9.17) is 0 Å². The topological polar surface area (TPSA) is 50.7 Å². The molecule has 0 radical (unpaired) electrons. The highest BCUT2D eigenvalue weighted by Gasteiger charge is 2.13. The molecule has 1 aromatic carbocycles. The number of aromatic nitrogens is 3. The average molecular weight is 322 g/mol. The molecule has 0 saturated heterocycles. The number of anilines is 2. The molecule has 0 fully saturated rings. The van der Waals surface area contributed by atoms with Crippen molar-refractivity contribution in [3.8, 4) is 11.4 Å². The second-order valence-corrected chi connectivity index (χ2v) is 5.77. The Bertz CT molecular complexity index is 969. The molecule has 1 N–H and O–H groups in total. The molecule has 23 heavy (non-hydrogen) atoms. The first kappa shape index (κ1) is 13.8. The van der Waals surface area contributed by atoms with Crippen LogP contribution in [-0.4, -0.2) is 15.0 Å². The van der Waals surface area contributed by atoms with Gasteiger partial charge in [0.25, 0.3) is 0 Å². The van der Waals surface area contributed by atoms with Gasteiger partial charge in [0.15, 0.2) is 5.82 Å². The van der Waals surface area contributed by atoms with E-state index in [2.05, 4.69) is 20.3 Å². The third-order valence-corrected chi connectivity index (χ3v) is 4.19. The minimum atomic E-state index is -0.335. The van der Waals surface area contributed by atoms with Gasteiger partial charge in [0, 0.05) is 18.1 Å². The third-order valence-electron chi connectivity index (χ3n) is 3.38. The number of hydrogen-bond donors (Lipinski definition) is 1. The Morgan fingerprint density at radius 3 is 2.61 bits per heavy atom. The minimum Gasteiger partial charge on any atom is -0.339 e.